The van der Waals surface area contributed by atoms with Crippen LogP contribution in [0.15, 0.2) is 72.3 Å². The molecule has 1 unspecified atom stereocenters. The summed E-state index contributed by atoms with van der Waals surface area (Å²) in [5.41, 5.74) is 3.79. The van der Waals surface area contributed by atoms with Crippen LogP contribution in [0, 0.1) is 0 Å². The molecule has 0 radical (unpaired) electrons. The second kappa shape index (κ2) is 10.8. The number of nitrogens with zero attached hydrogens (tertiary/aromatic N) is 1. The van der Waals surface area contributed by atoms with E-state index < -0.39 is 17.7 Å². The van der Waals surface area contributed by atoms with Gasteiger partial charge in [-0.15, -0.1) is 0 Å². The normalized spacial score (nSPS) is 17.3. The molecule has 0 bridgehead atoms. The Balaban J connectivity index is 1.92. The quantitative estimate of drug-likeness (QED) is 0.208. The Hall–Kier alpha value is -4.06. The Labute approximate surface area is 237 Å². The molecule has 40 heavy (non-hydrogen) atoms. The highest BCUT2D eigenvalue weighted by Gasteiger charge is 2.46. The van der Waals surface area contributed by atoms with Crippen LogP contribution in [0.2, 0.25) is 0 Å². The van der Waals surface area contributed by atoms with Crippen LogP contribution in [0.25, 0.3) is 5.76 Å². The van der Waals surface area contributed by atoms with Crippen LogP contribution in [-0.4, -0.2) is 35.9 Å². The molecule has 0 spiro atoms. The molecule has 1 N–H and O–H groups in total. The number of benzene rings is 3. The van der Waals surface area contributed by atoms with Gasteiger partial charge in [0.25, 0.3) is 11.7 Å². The third-order valence-electron chi connectivity index (χ3n) is 7.44. The fourth-order valence-corrected chi connectivity index (χ4v) is 5.03. The summed E-state index contributed by atoms with van der Waals surface area (Å²) in [6, 6.07) is 20.1. The van der Waals surface area contributed by atoms with Crippen molar-refractivity contribution in [3.63, 3.8) is 0 Å². The van der Waals surface area contributed by atoms with Crippen LogP contribution in [0.3, 0.4) is 0 Å². The number of ether oxygens (including phenoxy) is 2. The first kappa shape index (κ1) is 28.9. The first-order valence-electron chi connectivity index (χ1n) is 13.5. The van der Waals surface area contributed by atoms with Gasteiger partial charge in [0.15, 0.2) is 0 Å². The molecule has 0 saturated carbocycles. The van der Waals surface area contributed by atoms with Crippen molar-refractivity contribution in [3.8, 4) is 11.5 Å². The van der Waals surface area contributed by atoms with Crippen molar-refractivity contribution in [2.45, 2.75) is 65.0 Å². The molecule has 1 fully saturated rings. The number of carbonyl (C=O) groups excluding carboxylic acids is 2. The van der Waals surface area contributed by atoms with Gasteiger partial charge in [-0.2, -0.15) is 0 Å². The number of aliphatic hydroxyl groups is 1. The predicted molar refractivity (Wildman–Crippen MR) is 158 cm³/mol. The van der Waals surface area contributed by atoms with Crippen LogP contribution < -0.4 is 9.47 Å². The van der Waals surface area contributed by atoms with Gasteiger partial charge in [-0.25, -0.2) is 0 Å². The minimum absolute atomic E-state index is 0.0424. The zero-order valence-electron chi connectivity index (χ0n) is 24.7. The van der Waals surface area contributed by atoms with Crippen molar-refractivity contribution in [2.75, 3.05) is 14.2 Å². The van der Waals surface area contributed by atoms with Crippen molar-refractivity contribution in [2.24, 2.45) is 0 Å². The van der Waals surface area contributed by atoms with E-state index in [0.717, 1.165) is 22.3 Å². The largest absolute Gasteiger partial charge is 0.507 e. The lowest BCUT2D eigenvalue weighted by Crippen LogP contribution is -2.29. The van der Waals surface area contributed by atoms with Gasteiger partial charge >= 0.3 is 0 Å². The fraction of sp³-hybridized carbons (Fsp3) is 0.353. The fourth-order valence-electron chi connectivity index (χ4n) is 5.03. The molecule has 0 aromatic heterocycles. The van der Waals surface area contributed by atoms with E-state index >= 15 is 0 Å². The standard InChI is InChI=1S/C34H39NO5/c1-33(2,3)23-14-12-22(13-15-23)29-28(30(36)26-19-24(34(4,5)6)16-17-27(26)40-8)31(37)32(38)35(29)20-21-10-9-11-25(18-21)39-7/h9-19,29,36H,20H2,1-8H3/b30-28+. The Morgan fingerprint density at radius 2 is 1.45 bits per heavy atom. The van der Waals surface area contributed by atoms with Gasteiger partial charge in [0, 0.05) is 6.54 Å². The van der Waals surface area contributed by atoms with Crippen molar-refractivity contribution < 1.29 is 24.2 Å². The number of carbonyl (C=O) groups is 2. The molecule has 0 aliphatic carbocycles. The SMILES string of the molecule is COc1cccc(CN2C(=O)C(=O)/C(=C(/O)c3cc(C(C)(C)C)ccc3OC)C2c2ccc(C(C)(C)C)cc2)c1. The van der Waals surface area contributed by atoms with E-state index in [4.69, 9.17) is 9.47 Å². The van der Waals surface area contributed by atoms with E-state index in [1.807, 2.05) is 60.7 Å². The predicted octanol–water partition coefficient (Wildman–Crippen LogP) is 6.92. The highest BCUT2D eigenvalue weighted by atomic mass is 16.5. The average molecular weight is 542 g/mol. The molecule has 3 aromatic carbocycles. The molecule has 6 nitrogen and oxygen atoms in total. The molecule has 210 valence electrons. The number of amides is 1. The minimum atomic E-state index is -0.789. The maximum atomic E-state index is 13.7. The Morgan fingerprint density at radius 3 is 2.02 bits per heavy atom. The highest BCUT2D eigenvalue weighted by molar-refractivity contribution is 6.46. The van der Waals surface area contributed by atoms with E-state index in [1.54, 1.807) is 13.2 Å². The number of likely N-dealkylation sites (tertiary alicyclic amines) is 1. The number of Topliss-reactive ketones (excluding diaryl/α,β-unsaturated/α-hetero) is 1. The number of rotatable bonds is 6. The van der Waals surface area contributed by atoms with E-state index in [-0.39, 0.29) is 28.7 Å². The first-order valence-corrected chi connectivity index (χ1v) is 13.5. The van der Waals surface area contributed by atoms with E-state index in [2.05, 4.69) is 41.5 Å². The maximum Gasteiger partial charge on any atom is 0.295 e. The molecule has 1 heterocycles. The smallest absolute Gasteiger partial charge is 0.295 e. The van der Waals surface area contributed by atoms with E-state index in [9.17, 15) is 14.7 Å². The van der Waals surface area contributed by atoms with Gasteiger partial charge < -0.3 is 19.5 Å². The Morgan fingerprint density at radius 1 is 0.825 bits per heavy atom. The molecule has 1 aliphatic rings. The summed E-state index contributed by atoms with van der Waals surface area (Å²) in [4.78, 5) is 28.8. The van der Waals surface area contributed by atoms with E-state index in [1.165, 1.54) is 12.0 Å². The third kappa shape index (κ3) is 5.62. The second-order valence-electron chi connectivity index (χ2n) is 12.3. The number of ketones is 1. The maximum absolute atomic E-state index is 13.7. The lowest BCUT2D eigenvalue weighted by Gasteiger charge is -2.27. The summed E-state index contributed by atoms with van der Waals surface area (Å²) >= 11 is 0. The average Bonchev–Trinajstić information content (AvgIpc) is 3.16. The van der Waals surface area contributed by atoms with Gasteiger partial charge in [-0.1, -0.05) is 84.0 Å². The van der Waals surface area contributed by atoms with Crippen molar-refractivity contribution >= 4 is 17.4 Å². The van der Waals surface area contributed by atoms with Crippen LogP contribution in [0.5, 0.6) is 11.5 Å². The third-order valence-corrected chi connectivity index (χ3v) is 7.44. The second-order valence-corrected chi connectivity index (χ2v) is 12.3. The highest BCUT2D eigenvalue weighted by Crippen LogP contribution is 2.43. The van der Waals surface area contributed by atoms with Crippen LogP contribution in [0.1, 0.15) is 75.4 Å². The lowest BCUT2D eigenvalue weighted by molar-refractivity contribution is -0.140. The van der Waals surface area contributed by atoms with Gasteiger partial charge in [-0.05, 0) is 57.3 Å². The van der Waals surface area contributed by atoms with Gasteiger partial charge in [0.05, 0.1) is 31.4 Å². The van der Waals surface area contributed by atoms with Crippen LogP contribution in [-0.2, 0) is 27.0 Å². The van der Waals surface area contributed by atoms with Crippen LogP contribution >= 0.6 is 0 Å². The number of hydrogen-bond acceptors (Lipinski definition) is 5. The van der Waals surface area contributed by atoms with Crippen molar-refractivity contribution in [3.05, 3.63) is 100 Å². The van der Waals surface area contributed by atoms with Gasteiger partial charge in [0.1, 0.15) is 17.3 Å². The monoisotopic (exact) mass is 541 g/mol. The molecular weight excluding hydrogens is 502 g/mol. The molecule has 1 aliphatic heterocycles. The summed E-state index contributed by atoms with van der Waals surface area (Å²) in [5.74, 6) is -0.566. The lowest BCUT2D eigenvalue weighted by atomic mass is 9.84. The van der Waals surface area contributed by atoms with Gasteiger partial charge in [-0.3, -0.25) is 9.59 Å². The molecule has 1 atom stereocenters. The van der Waals surface area contributed by atoms with Gasteiger partial charge in [0.2, 0.25) is 0 Å². The summed E-state index contributed by atoms with van der Waals surface area (Å²) in [6.07, 6.45) is 0. The molecule has 1 saturated heterocycles. The number of hydrogen-bond donors (Lipinski definition) is 1. The number of methoxy groups -OCH3 is 2. The van der Waals surface area contributed by atoms with E-state index in [0.29, 0.717) is 17.1 Å². The topological polar surface area (TPSA) is 76.1 Å². The zero-order valence-corrected chi connectivity index (χ0v) is 24.7. The summed E-state index contributed by atoms with van der Waals surface area (Å²) in [7, 11) is 3.11. The summed E-state index contributed by atoms with van der Waals surface area (Å²) in [5, 5.41) is 11.8. The Kier molecular flexibility index (Phi) is 7.84. The molecule has 1 amide bonds. The Bertz CT molecular complexity index is 1450. The summed E-state index contributed by atoms with van der Waals surface area (Å²) < 4.78 is 11.0. The van der Waals surface area contributed by atoms with Crippen LogP contribution in [0.4, 0.5) is 0 Å². The molecular formula is C34H39NO5. The molecule has 3 aromatic rings. The minimum Gasteiger partial charge on any atom is -0.507 e. The zero-order chi connectivity index (χ0) is 29.4. The van der Waals surface area contributed by atoms with Crippen molar-refractivity contribution in [1.29, 1.82) is 0 Å². The molecule has 6 heteroatoms. The summed E-state index contributed by atoms with van der Waals surface area (Å²) in [6.45, 7) is 12.8. The first-order chi connectivity index (χ1) is 18.8. The molecule has 4 rings (SSSR count). The van der Waals surface area contributed by atoms with Crippen molar-refractivity contribution in [1.82, 2.24) is 4.90 Å². The number of aliphatic hydroxyl groups excluding tert-OH is 1.